The second-order valence-corrected chi connectivity index (χ2v) is 6.37. The molecule has 1 heterocycles. The van der Waals surface area contributed by atoms with Gasteiger partial charge in [-0.15, -0.1) is 0 Å². The first-order valence-electron chi connectivity index (χ1n) is 7.95. The molecule has 0 aromatic heterocycles. The third kappa shape index (κ3) is 5.15. The maximum Gasteiger partial charge on any atom is 0.330 e. The molecule has 0 N–H and O–H groups in total. The molecule has 1 aromatic carbocycles. The zero-order chi connectivity index (χ0) is 18.6. The summed E-state index contributed by atoms with van der Waals surface area (Å²) in [6.45, 7) is -0.953. The first-order chi connectivity index (χ1) is 11.7. The van der Waals surface area contributed by atoms with Gasteiger partial charge in [0.05, 0.1) is 0 Å². The van der Waals surface area contributed by atoms with Crippen LogP contribution >= 0.6 is 0 Å². The lowest BCUT2D eigenvalue weighted by atomic mass is 9.94. The van der Waals surface area contributed by atoms with Crippen molar-refractivity contribution in [2.75, 3.05) is 33.9 Å². The zero-order valence-corrected chi connectivity index (χ0v) is 14.2. The smallest absolute Gasteiger partial charge is 0.330 e. The molecule has 0 saturated heterocycles. The number of fused-ring (bicyclic) bond motifs is 1. The van der Waals surface area contributed by atoms with E-state index in [1.165, 1.54) is 16.0 Å². The zero-order valence-electron chi connectivity index (χ0n) is 14.2. The molecule has 2 rings (SSSR count). The molecule has 1 aliphatic rings. The fraction of sp³-hybridized carbons (Fsp3) is 0.588. The molecule has 25 heavy (non-hydrogen) atoms. The van der Waals surface area contributed by atoms with E-state index >= 15 is 0 Å². The summed E-state index contributed by atoms with van der Waals surface area (Å²) in [7, 11) is 3.50. The van der Waals surface area contributed by atoms with Gasteiger partial charge in [-0.2, -0.15) is 8.78 Å². The number of nitrogens with zero attached hydrogens (tertiary/aromatic N) is 2. The predicted molar refractivity (Wildman–Crippen MR) is 84.8 cm³/mol. The number of hydrogen-bond acceptors (Lipinski definition) is 3. The van der Waals surface area contributed by atoms with E-state index in [2.05, 4.69) is 15.7 Å². The van der Waals surface area contributed by atoms with Crippen molar-refractivity contribution in [2.24, 2.45) is 0 Å². The standard InChI is InChI=1S/C17H22F4N2O2/c1-22-8-13-6-4-3-5-12(13)7-14(22)9-23(2)15(24)10-25-11-17(20,21)16(18)19/h3-6,14,16H,7-11H2,1-2H3. The van der Waals surface area contributed by atoms with Gasteiger partial charge in [-0.05, 0) is 24.6 Å². The lowest BCUT2D eigenvalue weighted by Crippen LogP contribution is -2.47. The van der Waals surface area contributed by atoms with E-state index < -0.39 is 31.5 Å². The molecular weight excluding hydrogens is 340 g/mol. The van der Waals surface area contributed by atoms with Crippen molar-refractivity contribution < 1.29 is 27.1 Å². The number of amides is 1. The minimum atomic E-state index is -4.24. The molecule has 0 bridgehead atoms. The molecule has 1 amide bonds. The lowest BCUT2D eigenvalue weighted by Gasteiger charge is -2.36. The van der Waals surface area contributed by atoms with Crippen LogP contribution in [-0.2, 0) is 22.5 Å². The summed E-state index contributed by atoms with van der Waals surface area (Å²) in [5.74, 6) is -4.76. The summed E-state index contributed by atoms with van der Waals surface area (Å²) >= 11 is 0. The monoisotopic (exact) mass is 362 g/mol. The minimum absolute atomic E-state index is 0.0892. The number of likely N-dealkylation sites (N-methyl/N-ethyl adjacent to an activating group) is 2. The largest absolute Gasteiger partial charge is 0.365 e. The van der Waals surface area contributed by atoms with Gasteiger partial charge in [0, 0.05) is 26.2 Å². The third-order valence-corrected chi connectivity index (χ3v) is 4.37. The fourth-order valence-corrected chi connectivity index (χ4v) is 2.79. The van der Waals surface area contributed by atoms with Gasteiger partial charge in [0.2, 0.25) is 5.91 Å². The third-order valence-electron chi connectivity index (χ3n) is 4.37. The molecule has 1 aliphatic heterocycles. The molecule has 140 valence electrons. The number of hydrogen-bond donors (Lipinski definition) is 0. The van der Waals surface area contributed by atoms with Crippen LogP contribution in [0.2, 0.25) is 0 Å². The molecule has 1 aromatic rings. The Hall–Kier alpha value is -1.67. The van der Waals surface area contributed by atoms with Crippen molar-refractivity contribution >= 4 is 5.91 Å². The van der Waals surface area contributed by atoms with Crippen LogP contribution in [0.4, 0.5) is 17.6 Å². The average Bonchev–Trinajstić information content (AvgIpc) is 2.55. The Kier molecular flexibility index (Phi) is 6.40. The van der Waals surface area contributed by atoms with Gasteiger partial charge in [-0.1, -0.05) is 24.3 Å². The van der Waals surface area contributed by atoms with E-state index in [9.17, 15) is 22.4 Å². The van der Waals surface area contributed by atoms with Crippen LogP contribution in [0, 0.1) is 0 Å². The van der Waals surface area contributed by atoms with Gasteiger partial charge >= 0.3 is 12.3 Å². The first kappa shape index (κ1) is 19.7. The Morgan fingerprint density at radius 1 is 1.36 bits per heavy atom. The molecule has 1 atom stereocenters. The second kappa shape index (κ2) is 8.14. The van der Waals surface area contributed by atoms with Crippen molar-refractivity contribution in [3.63, 3.8) is 0 Å². The van der Waals surface area contributed by atoms with E-state index in [0.717, 1.165) is 13.0 Å². The molecule has 0 aliphatic carbocycles. The summed E-state index contributed by atoms with van der Waals surface area (Å²) in [5, 5.41) is 0. The maximum absolute atomic E-state index is 12.8. The molecule has 8 heteroatoms. The van der Waals surface area contributed by atoms with Gasteiger partial charge in [-0.25, -0.2) is 8.78 Å². The number of benzene rings is 1. The first-order valence-corrected chi connectivity index (χ1v) is 7.95. The van der Waals surface area contributed by atoms with Crippen LogP contribution in [0.5, 0.6) is 0 Å². The van der Waals surface area contributed by atoms with Crippen LogP contribution in [0.1, 0.15) is 11.1 Å². The molecule has 1 unspecified atom stereocenters. The molecule has 0 fully saturated rings. The predicted octanol–water partition coefficient (Wildman–Crippen LogP) is 2.42. The van der Waals surface area contributed by atoms with Crippen molar-refractivity contribution in [3.8, 4) is 0 Å². The Balaban J connectivity index is 1.83. The highest BCUT2D eigenvalue weighted by atomic mass is 19.3. The maximum atomic E-state index is 12.8. The Bertz CT molecular complexity index is 598. The van der Waals surface area contributed by atoms with E-state index in [1.54, 1.807) is 7.05 Å². The van der Waals surface area contributed by atoms with Crippen molar-refractivity contribution in [1.82, 2.24) is 9.80 Å². The highest BCUT2D eigenvalue weighted by Gasteiger charge is 2.41. The van der Waals surface area contributed by atoms with Crippen molar-refractivity contribution in [3.05, 3.63) is 35.4 Å². The van der Waals surface area contributed by atoms with Crippen LogP contribution in [0.15, 0.2) is 24.3 Å². The number of carbonyl (C=O) groups is 1. The summed E-state index contributed by atoms with van der Waals surface area (Å²) in [5.41, 5.74) is 2.46. The van der Waals surface area contributed by atoms with Crippen LogP contribution < -0.4 is 0 Å². The lowest BCUT2D eigenvalue weighted by molar-refractivity contribution is -0.170. The molecule has 0 spiro atoms. The summed E-state index contributed by atoms with van der Waals surface area (Å²) in [4.78, 5) is 15.5. The Morgan fingerprint density at radius 2 is 2.00 bits per heavy atom. The molecule has 0 saturated carbocycles. The van der Waals surface area contributed by atoms with Crippen molar-refractivity contribution in [2.45, 2.75) is 31.4 Å². The van der Waals surface area contributed by atoms with Gasteiger partial charge in [0.25, 0.3) is 0 Å². The van der Waals surface area contributed by atoms with Gasteiger partial charge in [0.15, 0.2) is 0 Å². The summed E-state index contributed by atoms with van der Waals surface area (Å²) in [6.07, 6.45) is -3.04. The second-order valence-electron chi connectivity index (χ2n) is 6.37. The quantitative estimate of drug-likeness (QED) is 0.699. The van der Waals surface area contributed by atoms with Crippen molar-refractivity contribution in [1.29, 1.82) is 0 Å². The van der Waals surface area contributed by atoms with Gasteiger partial charge < -0.3 is 9.64 Å². The number of alkyl halides is 4. The average molecular weight is 362 g/mol. The highest BCUT2D eigenvalue weighted by molar-refractivity contribution is 5.77. The van der Waals surface area contributed by atoms with E-state index in [1.807, 2.05) is 25.2 Å². The molecular formula is C17H22F4N2O2. The SMILES string of the molecule is CN(CC1Cc2ccccc2CN1C)C(=O)COCC(F)(F)C(F)F. The topological polar surface area (TPSA) is 32.8 Å². The Labute approximate surface area is 144 Å². The molecule has 0 radical (unpaired) electrons. The van der Waals surface area contributed by atoms with Gasteiger partial charge in [0.1, 0.15) is 13.2 Å². The van der Waals surface area contributed by atoms with E-state index in [0.29, 0.717) is 6.54 Å². The van der Waals surface area contributed by atoms with Crippen LogP contribution in [-0.4, -0.2) is 68.0 Å². The fourth-order valence-electron chi connectivity index (χ4n) is 2.79. The van der Waals surface area contributed by atoms with Crippen LogP contribution in [0.3, 0.4) is 0 Å². The van der Waals surface area contributed by atoms with E-state index in [-0.39, 0.29) is 6.04 Å². The highest BCUT2D eigenvalue weighted by Crippen LogP contribution is 2.23. The van der Waals surface area contributed by atoms with E-state index in [4.69, 9.17) is 0 Å². The number of halogens is 4. The van der Waals surface area contributed by atoms with Crippen LogP contribution in [0.25, 0.3) is 0 Å². The number of carbonyl (C=O) groups excluding carboxylic acids is 1. The van der Waals surface area contributed by atoms with Gasteiger partial charge in [-0.3, -0.25) is 9.69 Å². The summed E-state index contributed by atoms with van der Waals surface area (Å²) in [6, 6.07) is 8.15. The number of ether oxygens (including phenoxy) is 1. The normalized spacial score (nSPS) is 18.3. The minimum Gasteiger partial charge on any atom is -0.365 e. The summed E-state index contributed by atoms with van der Waals surface area (Å²) < 4.78 is 54.1. The molecule has 4 nitrogen and oxygen atoms in total. The number of rotatable bonds is 7. The Morgan fingerprint density at radius 3 is 2.64 bits per heavy atom.